The number of alkyl halides is 3. The first-order chi connectivity index (χ1) is 9.51. The van der Waals surface area contributed by atoms with Crippen LogP contribution >= 0.6 is 0 Å². The van der Waals surface area contributed by atoms with Crippen LogP contribution in [0.3, 0.4) is 0 Å². The minimum atomic E-state index is -4.40. The van der Waals surface area contributed by atoms with Gasteiger partial charge in [-0.3, -0.25) is 4.85 Å². The van der Waals surface area contributed by atoms with Crippen LogP contribution in [0.1, 0.15) is 45.2 Å². The molecule has 0 spiro atoms. The van der Waals surface area contributed by atoms with E-state index in [0.29, 0.717) is 11.6 Å². The van der Waals surface area contributed by atoms with Crippen LogP contribution in [0.15, 0.2) is 10.7 Å². The van der Waals surface area contributed by atoms with Gasteiger partial charge >= 0.3 is 11.7 Å². The van der Waals surface area contributed by atoms with Crippen LogP contribution in [0, 0.1) is 17.9 Å². The Balaban J connectivity index is 2.92. The van der Waals surface area contributed by atoms with Crippen LogP contribution in [0.4, 0.5) is 13.2 Å². The molecule has 1 rings (SSSR count). The summed E-state index contributed by atoms with van der Waals surface area (Å²) < 4.78 is 42.2. The van der Waals surface area contributed by atoms with Gasteiger partial charge in [-0.25, -0.2) is 11.6 Å². The lowest BCUT2D eigenvalue weighted by Crippen LogP contribution is -2.28. The molecule has 0 aliphatic carbocycles. The van der Waals surface area contributed by atoms with Crippen molar-refractivity contribution in [3.05, 3.63) is 29.3 Å². The number of aromatic nitrogens is 1. The molecule has 0 amide bonds. The molecular weight excluding hydrogens is 283 g/mol. The monoisotopic (exact) mass is 299 g/mol. The van der Waals surface area contributed by atoms with Crippen LogP contribution in [-0.4, -0.2) is 16.7 Å². The molecule has 1 heterocycles. The fourth-order valence-corrected chi connectivity index (χ4v) is 1.69. The van der Waals surface area contributed by atoms with Crippen molar-refractivity contribution in [1.82, 2.24) is 4.98 Å². The molecule has 114 valence electrons. The number of nitrogens with zero attached hydrogens (tertiary/aromatic N) is 3. The van der Waals surface area contributed by atoms with Crippen molar-refractivity contribution in [2.45, 2.75) is 57.2 Å². The van der Waals surface area contributed by atoms with Crippen molar-refractivity contribution >= 4 is 0 Å². The second-order valence-electron chi connectivity index (χ2n) is 5.94. The highest BCUT2D eigenvalue weighted by molar-refractivity contribution is 5.21. The normalized spacial score (nSPS) is 15.0. The third-order valence-corrected chi connectivity index (χ3v) is 2.91. The maximum Gasteiger partial charge on any atom is 0.389 e. The van der Waals surface area contributed by atoms with E-state index in [1.54, 1.807) is 6.07 Å². The van der Waals surface area contributed by atoms with Crippen LogP contribution in [-0.2, 0) is 11.8 Å². The standard InChI is InChI=1S/C14H16F3N3O/c1-12(2,3)11-20-10(8-21-11)7-13(9-18,19-4)5-6-14(15,16)17/h8H,5-7H2,1-3H3. The Bertz CT molecular complexity index is 556. The predicted octanol–water partition coefficient (Wildman–Crippen LogP) is 4.04. The van der Waals surface area contributed by atoms with Gasteiger partial charge in [-0.15, -0.1) is 0 Å². The number of oxazole rings is 1. The molecule has 1 aromatic heterocycles. The smallest absolute Gasteiger partial charge is 0.389 e. The van der Waals surface area contributed by atoms with Gasteiger partial charge in [0.25, 0.3) is 0 Å². The number of rotatable bonds is 4. The third kappa shape index (κ3) is 4.78. The zero-order valence-corrected chi connectivity index (χ0v) is 12.1. The summed E-state index contributed by atoms with van der Waals surface area (Å²) >= 11 is 0. The molecule has 0 aliphatic heterocycles. The molecule has 0 radical (unpaired) electrons. The van der Waals surface area contributed by atoms with Gasteiger partial charge in [-0.2, -0.15) is 18.4 Å². The number of hydrogen-bond donors (Lipinski definition) is 0. The number of nitriles is 1. The lowest BCUT2D eigenvalue weighted by atomic mass is 9.90. The van der Waals surface area contributed by atoms with E-state index in [1.807, 2.05) is 20.8 Å². The highest BCUT2D eigenvalue weighted by Crippen LogP contribution is 2.31. The highest BCUT2D eigenvalue weighted by Gasteiger charge is 2.42. The Kier molecular flexibility index (Phi) is 4.68. The van der Waals surface area contributed by atoms with Gasteiger partial charge in [0, 0.05) is 11.8 Å². The van der Waals surface area contributed by atoms with Gasteiger partial charge in [0.15, 0.2) is 12.0 Å². The van der Waals surface area contributed by atoms with Crippen LogP contribution in [0.2, 0.25) is 0 Å². The number of hydrogen-bond acceptors (Lipinski definition) is 3. The summed E-state index contributed by atoms with van der Waals surface area (Å²) in [5, 5.41) is 9.11. The van der Waals surface area contributed by atoms with Crippen LogP contribution in [0.5, 0.6) is 0 Å². The molecule has 0 N–H and O–H groups in total. The summed E-state index contributed by atoms with van der Waals surface area (Å²) in [7, 11) is 0. The zero-order valence-electron chi connectivity index (χ0n) is 12.1. The van der Waals surface area contributed by atoms with E-state index in [1.165, 1.54) is 6.26 Å². The third-order valence-electron chi connectivity index (χ3n) is 2.91. The summed E-state index contributed by atoms with van der Waals surface area (Å²) in [6.07, 6.45) is -5.03. The Morgan fingerprint density at radius 1 is 1.33 bits per heavy atom. The minimum absolute atomic E-state index is 0.178. The average molecular weight is 299 g/mol. The van der Waals surface area contributed by atoms with E-state index in [-0.39, 0.29) is 11.8 Å². The second-order valence-corrected chi connectivity index (χ2v) is 5.94. The van der Waals surface area contributed by atoms with Gasteiger partial charge in [-0.1, -0.05) is 20.8 Å². The summed E-state index contributed by atoms with van der Waals surface area (Å²) in [4.78, 5) is 7.28. The van der Waals surface area contributed by atoms with Gasteiger partial charge < -0.3 is 4.42 Å². The fourth-order valence-electron chi connectivity index (χ4n) is 1.69. The van der Waals surface area contributed by atoms with Gasteiger partial charge in [0.2, 0.25) is 0 Å². The Labute approximate surface area is 121 Å². The summed E-state index contributed by atoms with van der Waals surface area (Å²) in [6, 6.07) is 1.70. The van der Waals surface area contributed by atoms with E-state index in [9.17, 15) is 13.2 Å². The fraction of sp³-hybridized carbons (Fsp3) is 0.643. The molecule has 0 aromatic carbocycles. The summed E-state index contributed by atoms with van der Waals surface area (Å²) in [6.45, 7) is 12.7. The summed E-state index contributed by atoms with van der Waals surface area (Å²) in [5.41, 5.74) is -1.79. The van der Waals surface area contributed by atoms with Crippen molar-refractivity contribution < 1.29 is 17.6 Å². The van der Waals surface area contributed by atoms with Crippen molar-refractivity contribution in [2.24, 2.45) is 0 Å². The van der Waals surface area contributed by atoms with Gasteiger partial charge in [0.1, 0.15) is 6.26 Å². The van der Waals surface area contributed by atoms with Crippen molar-refractivity contribution in [3.8, 4) is 6.07 Å². The molecule has 0 aliphatic rings. The van der Waals surface area contributed by atoms with Crippen LogP contribution < -0.4 is 0 Å². The molecule has 0 bridgehead atoms. The molecule has 4 nitrogen and oxygen atoms in total. The lowest BCUT2D eigenvalue weighted by molar-refractivity contribution is -0.136. The maximum atomic E-state index is 12.3. The van der Waals surface area contributed by atoms with Gasteiger partial charge in [0.05, 0.1) is 18.5 Å². The Morgan fingerprint density at radius 3 is 2.33 bits per heavy atom. The van der Waals surface area contributed by atoms with E-state index in [2.05, 4.69) is 9.83 Å². The average Bonchev–Trinajstić information content (AvgIpc) is 2.82. The largest absolute Gasteiger partial charge is 0.448 e. The molecule has 0 saturated carbocycles. The van der Waals surface area contributed by atoms with E-state index < -0.39 is 24.6 Å². The molecule has 1 atom stereocenters. The molecule has 1 aromatic rings. The molecule has 0 fully saturated rings. The van der Waals surface area contributed by atoms with E-state index >= 15 is 0 Å². The van der Waals surface area contributed by atoms with Crippen LogP contribution in [0.25, 0.3) is 4.85 Å². The molecule has 1 unspecified atom stereocenters. The lowest BCUT2D eigenvalue weighted by Gasteiger charge is -2.14. The SMILES string of the molecule is [C-]#[N+]C(C#N)(CCC(F)(F)F)Cc1coc(C(C)(C)C)n1. The Morgan fingerprint density at radius 2 is 1.95 bits per heavy atom. The van der Waals surface area contributed by atoms with Crippen molar-refractivity contribution in [1.29, 1.82) is 5.26 Å². The predicted molar refractivity (Wildman–Crippen MR) is 69.1 cm³/mol. The molecule has 7 heteroatoms. The van der Waals surface area contributed by atoms with Crippen molar-refractivity contribution in [2.75, 3.05) is 0 Å². The van der Waals surface area contributed by atoms with Crippen molar-refractivity contribution in [3.63, 3.8) is 0 Å². The minimum Gasteiger partial charge on any atom is -0.448 e. The van der Waals surface area contributed by atoms with E-state index in [4.69, 9.17) is 16.3 Å². The van der Waals surface area contributed by atoms with E-state index in [0.717, 1.165) is 0 Å². The first-order valence-corrected chi connectivity index (χ1v) is 6.33. The second kappa shape index (κ2) is 5.77. The molecule has 0 saturated heterocycles. The quantitative estimate of drug-likeness (QED) is 0.788. The first-order valence-electron chi connectivity index (χ1n) is 6.33. The highest BCUT2D eigenvalue weighted by atomic mass is 19.4. The molecule has 21 heavy (non-hydrogen) atoms. The summed E-state index contributed by atoms with van der Waals surface area (Å²) in [5.74, 6) is 0.421. The Hall–Kier alpha value is -2.02. The molecular formula is C14H16F3N3O. The number of halogens is 3. The maximum absolute atomic E-state index is 12.3. The topological polar surface area (TPSA) is 54.2 Å². The first kappa shape index (κ1) is 17.0. The zero-order chi connectivity index (χ0) is 16.3. The van der Waals surface area contributed by atoms with Gasteiger partial charge in [-0.05, 0) is 0 Å².